The average Bonchev–Trinajstić information content (AvgIpc) is 2.52. The number of fused-ring (bicyclic) bond motifs is 1. The Balaban J connectivity index is 2.34. The zero-order valence-electron chi connectivity index (χ0n) is 16.6. The number of benzene rings is 1. The lowest BCUT2D eigenvalue weighted by Crippen LogP contribution is -2.43. The van der Waals surface area contributed by atoms with Gasteiger partial charge in [0.05, 0.1) is 18.4 Å². The van der Waals surface area contributed by atoms with Gasteiger partial charge in [0, 0.05) is 24.9 Å². The maximum atomic E-state index is 12.3. The summed E-state index contributed by atoms with van der Waals surface area (Å²) in [6, 6.07) is 5.02. The number of carbonyl (C=O) groups is 1. The molecule has 2 rings (SSSR count). The van der Waals surface area contributed by atoms with Crippen LogP contribution < -0.4 is 9.47 Å². The lowest BCUT2D eigenvalue weighted by Gasteiger charge is -2.41. The Morgan fingerprint density at radius 3 is 2.67 bits per heavy atom. The van der Waals surface area contributed by atoms with Crippen LogP contribution in [0.2, 0.25) is 0 Å². The topological polar surface area (TPSA) is 93.1 Å². The van der Waals surface area contributed by atoms with Gasteiger partial charge in [-0.3, -0.25) is 4.79 Å². The van der Waals surface area contributed by atoms with Gasteiger partial charge >= 0.3 is 5.97 Å². The van der Waals surface area contributed by atoms with Gasteiger partial charge in [-0.15, -0.1) is 0 Å². The van der Waals surface area contributed by atoms with E-state index in [-0.39, 0.29) is 18.6 Å². The van der Waals surface area contributed by atoms with Gasteiger partial charge in [-0.05, 0) is 45.4 Å². The summed E-state index contributed by atoms with van der Waals surface area (Å²) < 4.78 is 37.9. The summed E-state index contributed by atoms with van der Waals surface area (Å²) in [5, 5.41) is 8.80. The molecule has 1 aromatic carbocycles. The minimum atomic E-state index is -3.39. The van der Waals surface area contributed by atoms with Gasteiger partial charge in [0.25, 0.3) is 0 Å². The minimum absolute atomic E-state index is 0.0315. The largest absolute Gasteiger partial charge is 0.491 e. The molecule has 152 valence electrons. The fourth-order valence-corrected chi connectivity index (χ4v) is 4.55. The highest BCUT2D eigenvalue weighted by Gasteiger charge is 2.39. The second kappa shape index (κ2) is 8.06. The first-order chi connectivity index (χ1) is 12.4. The Hall–Kier alpha value is -1.80. The minimum Gasteiger partial charge on any atom is -0.491 e. The molecule has 1 aromatic rings. The van der Waals surface area contributed by atoms with Crippen molar-refractivity contribution in [1.29, 1.82) is 0 Å². The predicted octanol–water partition coefficient (Wildman–Crippen LogP) is 3.20. The van der Waals surface area contributed by atoms with Crippen molar-refractivity contribution in [2.24, 2.45) is 0 Å². The molecule has 0 fully saturated rings. The van der Waals surface area contributed by atoms with Gasteiger partial charge in [-0.1, -0.05) is 6.92 Å². The fourth-order valence-electron chi connectivity index (χ4n) is 3.43. The third-order valence-electron chi connectivity index (χ3n) is 4.60. The number of ether oxygens (including phenoxy) is 2. The Kier molecular flexibility index (Phi) is 6.42. The molecule has 0 aromatic heterocycles. The second-order valence-electron chi connectivity index (χ2n) is 7.61. The summed E-state index contributed by atoms with van der Waals surface area (Å²) in [5.74, 6) is 0.353. The van der Waals surface area contributed by atoms with E-state index in [1.165, 1.54) is 10.6 Å². The molecule has 2 atom stereocenters. The third kappa shape index (κ3) is 5.59. The van der Waals surface area contributed by atoms with Crippen molar-refractivity contribution in [2.75, 3.05) is 12.8 Å². The quantitative estimate of drug-likeness (QED) is 0.721. The van der Waals surface area contributed by atoms with E-state index in [1.54, 1.807) is 18.2 Å². The van der Waals surface area contributed by atoms with Crippen LogP contribution >= 0.6 is 0 Å². The number of aliphatic carboxylic acids is 1. The van der Waals surface area contributed by atoms with Crippen LogP contribution in [0.3, 0.4) is 0 Å². The van der Waals surface area contributed by atoms with Crippen LogP contribution in [0.4, 0.5) is 0 Å². The molecule has 0 aliphatic carbocycles. The van der Waals surface area contributed by atoms with Crippen molar-refractivity contribution in [3.05, 3.63) is 23.8 Å². The summed E-state index contributed by atoms with van der Waals surface area (Å²) in [6.07, 6.45) is 1.90. The lowest BCUT2D eigenvalue weighted by molar-refractivity contribution is -0.137. The van der Waals surface area contributed by atoms with E-state index < -0.39 is 21.6 Å². The van der Waals surface area contributed by atoms with Crippen molar-refractivity contribution < 1.29 is 27.8 Å². The molecule has 27 heavy (non-hydrogen) atoms. The molecular weight excluding hydrogens is 370 g/mol. The molecule has 1 heterocycles. The highest BCUT2D eigenvalue weighted by Crippen LogP contribution is 2.44. The molecule has 0 bridgehead atoms. The van der Waals surface area contributed by atoms with Crippen molar-refractivity contribution in [1.82, 2.24) is 4.31 Å². The summed E-state index contributed by atoms with van der Waals surface area (Å²) in [4.78, 5) is 10.7. The number of carboxylic acid groups (broad SMARTS) is 1. The van der Waals surface area contributed by atoms with Gasteiger partial charge in [0.1, 0.15) is 17.1 Å². The smallest absolute Gasteiger partial charge is 0.303 e. The van der Waals surface area contributed by atoms with E-state index in [0.29, 0.717) is 30.9 Å². The van der Waals surface area contributed by atoms with Crippen LogP contribution in [0.15, 0.2) is 18.2 Å². The van der Waals surface area contributed by atoms with Gasteiger partial charge in [0.15, 0.2) is 0 Å². The summed E-state index contributed by atoms with van der Waals surface area (Å²) in [7, 11) is -3.39. The number of hydrogen-bond donors (Lipinski definition) is 1. The highest BCUT2D eigenvalue weighted by molar-refractivity contribution is 7.88. The zero-order chi connectivity index (χ0) is 20.4. The van der Waals surface area contributed by atoms with Crippen molar-refractivity contribution in [2.45, 2.75) is 64.7 Å². The average molecular weight is 400 g/mol. The number of nitrogens with zero attached hydrogens (tertiary/aromatic N) is 1. The van der Waals surface area contributed by atoms with Crippen LogP contribution in [-0.4, -0.2) is 48.3 Å². The maximum Gasteiger partial charge on any atom is 0.303 e. The summed E-state index contributed by atoms with van der Waals surface area (Å²) >= 11 is 0. The van der Waals surface area contributed by atoms with Gasteiger partial charge in [-0.25, -0.2) is 8.42 Å². The molecule has 0 spiro atoms. The maximum absolute atomic E-state index is 12.3. The van der Waals surface area contributed by atoms with Crippen LogP contribution in [0.1, 0.15) is 58.6 Å². The summed E-state index contributed by atoms with van der Waals surface area (Å²) in [5.41, 5.74) is 0.275. The van der Waals surface area contributed by atoms with E-state index in [9.17, 15) is 13.2 Å². The SMILES string of the molecule is CCN(C1CC(C)(C)Oc2ccc(OC(C)CCC(=O)O)cc21)S(C)(=O)=O. The van der Waals surface area contributed by atoms with Crippen LogP contribution in [0.5, 0.6) is 11.5 Å². The van der Waals surface area contributed by atoms with Gasteiger partial charge in [0.2, 0.25) is 10.0 Å². The first-order valence-electron chi connectivity index (χ1n) is 9.11. The monoisotopic (exact) mass is 399 g/mol. The molecule has 1 aliphatic heterocycles. The number of hydrogen-bond acceptors (Lipinski definition) is 5. The standard InChI is InChI=1S/C19H29NO6S/c1-6-20(27(5,23)24)16-12-19(3,4)26-17-9-8-14(11-15(16)17)25-13(2)7-10-18(21)22/h8-9,11,13,16H,6-7,10,12H2,1-5H3,(H,21,22). The molecule has 1 N–H and O–H groups in total. The Labute approximate surface area is 161 Å². The second-order valence-corrected chi connectivity index (χ2v) is 9.54. The zero-order valence-corrected chi connectivity index (χ0v) is 17.4. The van der Waals surface area contributed by atoms with Crippen LogP contribution in [0, 0.1) is 0 Å². The molecule has 0 amide bonds. The van der Waals surface area contributed by atoms with E-state index in [0.717, 1.165) is 5.56 Å². The molecular formula is C19H29NO6S. The lowest BCUT2D eigenvalue weighted by atomic mass is 9.89. The van der Waals surface area contributed by atoms with Crippen molar-refractivity contribution >= 4 is 16.0 Å². The van der Waals surface area contributed by atoms with E-state index in [4.69, 9.17) is 14.6 Å². The normalized spacial score (nSPS) is 19.9. The first kappa shape index (κ1) is 21.5. The number of rotatable bonds is 8. The van der Waals surface area contributed by atoms with Gasteiger partial charge < -0.3 is 14.6 Å². The van der Waals surface area contributed by atoms with Crippen molar-refractivity contribution in [3.8, 4) is 11.5 Å². The molecule has 7 nitrogen and oxygen atoms in total. The van der Waals surface area contributed by atoms with Crippen LogP contribution in [-0.2, 0) is 14.8 Å². The number of carboxylic acids is 1. The molecule has 0 radical (unpaired) electrons. The van der Waals surface area contributed by atoms with Crippen LogP contribution in [0.25, 0.3) is 0 Å². The molecule has 0 saturated carbocycles. The van der Waals surface area contributed by atoms with Crippen molar-refractivity contribution in [3.63, 3.8) is 0 Å². The Morgan fingerprint density at radius 2 is 2.11 bits per heavy atom. The first-order valence-corrected chi connectivity index (χ1v) is 11.0. The van der Waals surface area contributed by atoms with E-state index in [2.05, 4.69) is 0 Å². The molecule has 2 unspecified atom stereocenters. The highest BCUT2D eigenvalue weighted by atomic mass is 32.2. The summed E-state index contributed by atoms with van der Waals surface area (Å²) in [6.45, 7) is 7.87. The third-order valence-corrected chi connectivity index (χ3v) is 5.96. The van der Waals surface area contributed by atoms with E-state index in [1.807, 2.05) is 27.7 Å². The molecule has 1 aliphatic rings. The predicted molar refractivity (Wildman–Crippen MR) is 103 cm³/mol. The molecule has 8 heteroatoms. The Morgan fingerprint density at radius 1 is 1.44 bits per heavy atom. The molecule has 0 saturated heterocycles. The number of sulfonamides is 1. The fraction of sp³-hybridized carbons (Fsp3) is 0.632. The van der Waals surface area contributed by atoms with Gasteiger partial charge in [-0.2, -0.15) is 4.31 Å². The Bertz CT molecular complexity index is 789. The van der Waals surface area contributed by atoms with E-state index >= 15 is 0 Å².